The van der Waals surface area contributed by atoms with Gasteiger partial charge in [0.15, 0.2) is 0 Å². The van der Waals surface area contributed by atoms with Crippen LogP contribution in [0.3, 0.4) is 0 Å². The van der Waals surface area contributed by atoms with Gasteiger partial charge in [-0.3, -0.25) is 14.5 Å². The molecule has 1 unspecified atom stereocenters. The number of carbonyl (C=O) groups excluding carboxylic acids is 2. The van der Waals surface area contributed by atoms with Crippen LogP contribution < -0.4 is 4.90 Å². The van der Waals surface area contributed by atoms with Crippen molar-refractivity contribution in [3.05, 3.63) is 65.7 Å². The number of piperazine rings is 1. The van der Waals surface area contributed by atoms with Crippen molar-refractivity contribution in [2.24, 2.45) is 0 Å². The van der Waals surface area contributed by atoms with Crippen LogP contribution in [-0.2, 0) is 15.8 Å². The lowest BCUT2D eigenvalue weighted by molar-refractivity contribution is -0.192. The van der Waals surface area contributed by atoms with E-state index in [1.54, 1.807) is 9.80 Å². The first-order valence-corrected chi connectivity index (χ1v) is 11.0. The van der Waals surface area contributed by atoms with Gasteiger partial charge in [0.05, 0.1) is 17.6 Å². The number of rotatable bonds is 2. The smallest absolute Gasteiger partial charge is 0.475 e. The zero-order chi connectivity index (χ0) is 27.6. The first kappa shape index (κ1) is 28.0. The molecule has 0 radical (unpaired) electrons. The Morgan fingerprint density at radius 1 is 0.919 bits per heavy atom. The fraction of sp³-hybridized carbons (Fsp3) is 0.375. The lowest BCUT2D eigenvalue weighted by Crippen LogP contribution is -2.64. The summed E-state index contributed by atoms with van der Waals surface area (Å²) in [6.07, 6.45) is -8.83. The molecule has 200 valence electrons. The molecule has 0 bridgehead atoms. The van der Waals surface area contributed by atoms with E-state index in [4.69, 9.17) is 9.90 Å². The molecule has 0 aromatic heterocycles. The molecule has 0 aliphatic carbocycles. The third kappa shape index (κ3) is 6.40. The van der Waals surface area contributed by atoms with Gasteiger partial charge in [-0.15, -0.1) is 0 Å². The summed E-state index contributed by atoms with van der Waals surface area (Å²) in [6.45, 7) is 1.61. The fourth-order valence-electron chi connectivity index (χ4n) is 4.26. The van der Waals surface area contributed by atoms with Gasteiger partial charge >= 0.3 is 18.3 Å². The third-order valence-electron chi connectivity index (χ3n) is 6.32. The molecule has 7 nitrogen and oxygen atoms in total. The summed E-state index contributed by atoms with van der Waals surface area (Å²) >= 11 is 0. The molecule has 2 aromatic rings. The first-order chi connectivity index (χ1) is 17.1. The Hall–Kier alpha value is -3.61. The summed E-state index contributed by atoms with van der Waals surface area (Å²) in [4.78, 5) is 39.8. The van der Waals surface area contributed by atoms with E-state index in [0.717, 1.165) is 17.8 Å². The molecule has 1 spiro atoms. The number of carboxylic acids is 1. The molecule has 4 rings (SSSR count). The van der Waals surface area contributed by atoms with Crippen molar-refractivity contribution in [1.29, 1.82) is 0 Å². The molecule has 2 amide bonds. The van der Waals surface area contributed by atoms with Crippen molar-refractivity contribution in [1.82, 2.24) is 9.80 Å². The zero-order valence-electron chi connectivity index (χ0n) is 19.5. The Morgan fingerprint density at radius 2 is 1.49 bits per heavy atom. The minimum absolute atomic E-state index is 0.00170. The molecule has 2 heterocycles. The summed E-state index contributed by atoms with van der Waals surface area (Å²) in [5, 5.41) is 7.12. The maximum atomic E-state index is 12.9. The van der Waals surface area contributed by atoms with Crippen LogP contribution in [0.2, 0.25) is 0 Å². The number of benzene rings is 2. The van der Waals surface area contributed by atoms with Crippen LogP contribution in [0.4, 0.5) is 32.0 Å². The SMILES string of the molecule is CN1CC(=O)N(c2ccccc2)CC12CCN(C(=O)c1ccc(C(F)(F)F)cc1)C2.O=C(O)C(F)(F)F. The molecule has 13 heteroatoms. The lowest BCUT2D eigenvalue weighted by atomic mass is 9.92. The Kier molecular flexibility index (Phi) is 7.86. The van der Waals surface area contributed by atoms with Crippen LogP contribution >= 0.6 is 0 Å². The highest BCUT2D eigenvalue weighted by atomic mass is 19.4. The second kappa shape index (κ2) is 10.4. The Balaban J connectivity index is 0.000000479. The van der Waals surface area contributed by atoms with Crippen molar-refractivity contribution in [2.45, 2.75) is 24.3 Å². The number of hydrogen-bond donors (Lipinski definition) is 1. The van der Waals surface area contributed by atoms with Gasteiger partial charge in [0.1, 0.15) is 0 Å². The van der Waals surface area contributed by atoms with E-state index in [1.807, 2.05) is 42.3 Å². The van der Waals surface area contributed by atoms with Crippen LogP contribution in [0.25, 0.3) is 0 Å². The standard InChI is InChI=1S/C22H22F3N3O2.C2HF3O2/c1-26-13-19(29)28(18-5-3-2-4-6-18)15-21(26)11-12-27(14-21)20(30)16-7-9-17(10-8-16)22(23,24)25;3-2(4,5)1(6)7/h2-10H,11-15H2,1H3;(H,6,7). The third-order valence-corrected chi connectivity index (χ3v) is 6.32. The van der Waals surface area contributed by atoms with E-state index in [9.17, 15) is 35.9 Å². The van der Waals surface area contributed by atoms with Gasteiger partial charge in [-0.1, -0.05) is 18.2 Å². The number of halogens is 6. The number of likely N-dealkylation sites (tertiary alicyclic amines) is 1. The molecule has 2 fully saturated rings. The number of alkyl halides is 6. The van der Waals surface area contributed by atoms with E-state index < -0.39 is 23.9 Å². The van der Waals surface area contributed by atoms with E-state index in [-0.39, 0.29) is 29.5 Å². The van der Waals surface area contributed by atoms with Crippen LogP contribution in [0, 0.1) is 0 Å². The fourth-order valence-corrected chi connectivity index (χ4v) is 4.26. The minimum atomic E-state index is -5.08. The average molecular weight is 531 g/mol. The predicted molar refractivity (Wildman–Crippen MR) is 120 cm³/mol. The molecule has 2 saturated heterocycles. The van der Waals surface area contributed by atoms with Gasteiger partial charge in [0.25, 0.3) is 5.91 Å². The summed E-state index contributed by atoms with van der Waals surface area (Å²) < 4.78 is 70.1. The topological polar surface area (TPSA) is 81.2 Å². The number of carbonyl (C=O) groups is 3. The van der Waals surface area contributed by atoms with Gasteiger partial charge in [-0.2, -0.15) is 26.3 Å². The molecular weight excluding hydrogens is 508 g/mol. The molecular formula is C24H23F6N3O4. The summed E-state index contributed by atoms with van der Waals surface area (Å²) in [6, 6.07) is 13.7. The maximum absolute atomic E-state index is 12.9. The van der Waals surface area contributed by atoms with E-state index in [1.165, 1.54) is 12.1 Å². The first-order valence-electron chi connectivity index (χ1n) is 11.0. The van der Waals surface area contributed by atoms with Gasteiger partial charge in [0, 0.05) is 30.9 Å². The van der Waals surface area contributed by atoms with Gasteiger partial charge in [-0.25, -0.2) is 4.79 Å². The molecule has 2 aliphatic rings. The van der Waals surface area contributed by atoms with Crippen LogP contribution in [0.1, 0.15) is 22.3 Å². The molecule has 37 heavy (non-hydrogen) atoms. The highest BCUT2D eigenvalue weighted by Gasteiger charge is 2.48. The minimum Gasteiger partial charge on any atom is -0.475 e. The second-order valence-electron chi connectivity index (χ2n) is 8.75. The number of para-hydroxylation sites is 1. The van der Waals surface area contributed by atoms with Crippen LogP contribution in [-0.4, -0.2) is 77.6 Å². The quantitative estimate of drug-likeness (QED) is 0.595. The van der Waals surface area contributed by atoms with Crippen molar-refractivity contribution in [2.75, 3.05) is 38.1 Å². The summed E-state index contributed by atoms with van der Waals surface area (Å²) in [5.41, 5.74) is -0.108. The molecule has 2 aromatic carbocycles. The Bertz CT molecular complexity index is 1140. The number of nitrogens with zero attached hydrogens (tertiary/aromatic N) is 3. The Morgan fingerprint density at radius 3 is 2.00 bits per heavy atom. The molecule has 2 aliphatic heterocycles. The number of anilines is 1. The van der Waals surface area contributed by atoms with Crippen LogP contribution in [0.5, 0.6) is 0 Å². The molecule has 0 saturated carbocycles. The van der Waals surface area contributed by atoms with Crippen molar-refractivity contribution >= 4 is 23.5 Å². The van der Waals surface area contributed by atoms with Crippen molar-refractivity contribution in [3.8, 4) is 0 Å². The van der Waals surface area contributed by atoms with Gasteiger partial charge in [0.2, 0.25) is 5.91 Å². The largest absolute Gasteiger partial charge is 0.490 e. The van der Waals surface area contributed by atoms with Gasteiger partial charge < -0.3 is 14.9 Å². The van der Waals surface area contributed by atoms with Crippen molar-refractivity contribution < 1.29 is 45.8 Å². The predicted octanol–water partition coefficient (Wildman–Crippen LogP) is 3.90. The number of hydrogen-bond acceptors (Lipinski definition) is 4. The summed E-state index contributed by atoms with van der Waals surface area (Å²) in [5.74, 6) is -3.05. The van der Waals surface area contributed by atoms with Crippen molar-refractivity contribution in [3.63, 3.8) is 0 Å². The maximum Gasteiger partial charge on any atom is 0.490 e. The zero-order valence-corrected chi connectivity index (χ0v) is 19.5. The summed E-state index contributed by atoms with van der Waals surface area (Å²) in [7, 11) is 1.88. The van der Waals surface area contributed by atoms with E-state index in [2.05, 4.69) is 0 Å². The van der Waals surface area contributed by atoms with Crippen LogP contribution in [0.15, 0.2) is 54.6 Å². The van der Waals surface area contributed by atoms with Gasteiger partial charge in [-0.05, 0) is 49.9 Å². The Labute approximate surface area is 207 Å². The number of aliphatic carboxylic acids is 1. The average Bonchev–Trinajstić information content (AvgIpc) is 3.26. The number of likely N-dealkylation sites (N-methyl/N-ethyl adjacent to an activating group) is 1. The van der Waals surface area contributed by atoms with E-state index >= 15 is 0 Å². The highest BCUT2D eigenvalue weighted by Crippen LogP contribution is 2.34. The lowest BCUT2D eigenvalue weighted by Gasteiger charge is -2.46. The second-order valence-corrected chi connectivity index (χ2v) is 8.75. The molecule has 1 N–H and O–H groups in total. The number of amides is 2. The monoisotopic (exact) mass is 531 g/mol. The molecule has 1 atom stereocenters. The van der Waals surface area contributed by atoms with E-state index in [0.29, 0.717) is 26.1 Å². The normalized spacial score (nSPS) is 20.6. The number of carboxylic acid groups (broad SMARTS) is 1. The highest BCUT2D eigenvalue weighted by molar-refractivity contribution is 5.97.